The smallest absolute Gasteiger partial charge is 0.341 e. The molecule has 108 valence electrons. The third-order valence-electron chi connectivity index (χ3n) is 3.02. The molecule has 1 saturated heterocycles. The molecule has 20 heavy (non-hydrogen) atoms. The van der Waals surface area contributed by atoms with Gasteiger partial charge in [0.1, 0.15) is 11.9 Å². The van der Waals surface area contributed by atoms with Gasteiger partial charge >= 0.3 is 5.97 Å². The molecule has 2 unspecified atom stereocenters. The van der Waals surface area contributed by atoms with E-state index >= 15 is 0 Å². The Labute approximate surface area is 116 Å². The lowest BCUT2D eigenvalue weighted by Crippen LogP contribution is -2.28. The van der Waals surface area contributed by atoms with Gasteiger partial charge in [0.15, 0.2) is 6.61 Å². The van der Waals surface area contributed by atoms with Gasteiger partial charge in [-0.15, -0.1) is 0 Å². The number of hydrogen-bond donors (Lipinski definition) is 2. The van der Waals surface area contributed by atoms with Crippen LogP contribution >= 0.6 is 0 Å². The molecule has 1 aromatic rings. The number of para-hydroxylation sites is 2. The average molecular weight is 279 g/mol. The van der Waals surface area contributed by atoms with Crippen molar-refractivity contribution in [2.45, 2.75) is 32.0 Å². The standard InChI is InChI=1S/C14H17NO5/c1-9-6-7-12(20-9)14(18)15-10-4-2-3-5-11(10)19-8-13(16)17/h2-5,9,12H,6-8H2,1H3,(H,15,18)(H,16,17). The molecule has 6 heteroatoms. The summed E-state index contributed by atoms with van der Waals surface area (Å²) in [7, 11) is 0. The minimum Gasteiger partial charge on any atom is -0.480 e. The maximum Gasteiger partial charge on any atom is 0.341 e. The van der Waals surface area contributed by atoms with Crippen molar-refractivity contribution in [2.24, 2.45) is 0 Å². The highest BCUT2D eigenvalue weighted by Gasteiger charge is 2.28. The number of anilines is 1. The summed E-state index contributed by atoms with van der Waals surface area (Å²) in [6.45, 7) is 1.47. The van der Waals surface area contributed by atoms with Crippen LogP contribution in [-0.4, -0.2) is 35.8 Å². The third kappa shape index (κ3) is 3.71. The number of hydrogen-bond acceptors (Lipinski definition) is 4. The van der Waals surface area contributed by atoms with Crippen molar-refractivity contribution in [1.29, 1.82) is 0 Å². The lowest BCUT2D eigenvalue weighted by atomic mass is 10.2. The van der Waals surface area contributed by atoms with E-state index in [2.05, 4.69) is 5.32 Å². The van der Waals surface area contributed by atoms with Gasteiger partial charge in [-0.1, -0.05) is 12.1 Å². The molecule has 1 aliphatic heterocycles. The zero-order valence-corrected chi connectivity index (χ0v) is 11.2. The van der Waals surface area contributed by atoms with Gasteiger partial charge in [0.2, 0.25) is 0 Å². The minimum absolute atomic E-state index is 0.0873. The summed E-state index contributed by atoms with van der Waals surface area (Å²) < 4.78 is 10.6. The van der Waals surface area contributed by atoms with Crippen molar-refractivity contribution in [3.8, 4) is 5.75 Å². The lowest BCUT2D eigenvalue weighted by molar-refractivity contribution is -0.139. The quantitative estimate of drug-likeness (QED) is 0.856. The number of carbonyl (C=O) groups is 2. The predicted octanol–water partition coefficient (Wildman–Crippen LogP) is 1.66. The number of benzene rings is 1. The molecule has 0 aromatic heterocycles. The Morgan fingerprint density at radius 1 is 1.40 bits per heavy atom. The Kier molecular flexibility index (Phi) is 4.57. The average Bonchev–Trinajstić information content (AvgIpc) is 2.84. The normalized spacial score (nSPS) is 21.4. The number of ether oxygens (including phenoxy) is 2. The van der Waals surface area contributed by atoms with Crippen LogP contribution in [0.5, 0.6) is 5.75 Å². The summed E-state index contributed by atoms with van der Waals surface area (Å²) in [5.74, 6) is -0.978. The first-order valence-electron chi connectivity index (χ1n) is 6.46. The summed E-state index contributed by atoms with van der Waals surface area (Å²) in [6, 6.07) is 6.71. The van der Waals surface area contributed by atoms with Crippen LogP contribution in [0.4, 0.5) is 5.69 Å². The van der Waals surface area contributed by atoms with Gasteiger partial charge in [-0.2, -0.15) is 0 Å². The van der Waals surface area contributed by atoms with Gasteiger partial charge in [0.25, 0.3) is 5.91 Å². The van der Waals surface area contributed by atoms with Crippen LogP contribution < -0.4 is 10.1 Å². The van der Waals surface area contributed by atoms with Crippen molar-refractivity contribution >= 4 is 17.6 Å². The fraction of sp³-hybridized carbons (Fsp3) is 0.429. The molecule has 0 spiro atoms. The Hall–Kier alpha value is -2.08. The Bertz CT molecular complexity index is 502. The monoisotopic (exact) mass is 279 g/mol. The number of rotatable bonds is 5. The molecule has 0 bridgehead atoms. The zero-order valence-electron chi connectivity index (χ0n) is 11.2. The van der Waals surface area contributed by atoms with Gasteiger partial charge in [-0.25, -0.2) is 4.79 Å². The molecule has 1 fully saturated rings. The van der Waals surface area contributed by atoms with Crippen LogP contribution in [0, 0.1) is 0 Å². The fourth-order valence-electron chi connectivity index (χ4n) is 2.04. The highest BCUT2D eigenvalue weighted by Crippen LogP contribution is 2.26. The fourth-order valence-corrected chi connectivity index (χ4v) is 2.04. The van der Waals surface area contributed by atoms with E-state index in [0.29, 0.717) is 17.9 Å². The van der Waals surface area contributed by atoms with Crippen molar-refractivity contribution in [3.05, 3.63) is 24.3 Å². The number of aliphatic carboxylic acids is 1. The molecule has 1 heterocycles. The minimum atomic E-state index is -1.07. The van der Waals surface area contributed by atoms with E-state index in [1.807, 2.05) is 6.92 Å². The summed E-state index contributed by atoms with van der Waals surface area (Å²) >= 11 is 0. The summed E-state index contributed by atoms with van der Waals surface area (Å²) in [5, 5.41) is 11.3. The number of carboxylic acids is 1. The molecule has 2 N–H and O–H groups in total. The molecule has 1 amide bonds. The van der Waals surface area contributed by atoms with E-state index < -0.39 is 18.7 Å². The first-order valence-corrected chi connectivity index (χ1v) is 6.46. The highest BCUT2D eigenvalue weighted by atomic mass is 16.5. The molecule has 2 rings (SSSR count). The van der Waals surface area contributed by atoms with E-state index in [4.69, 9.17) is 14.6 Å². The maximum atomic E-state index is 12.0. The third-order valence-corrected chi connectivity index (χ3v) is 3.02. The van der Waals surface area contributed by atoms with Gasteiger partial charge in [0, 0.05) is 0 Å². The first-order chi connectivity index (χ1) is 9.56. The van der Waals surface area contributed by atoms with Crippen molar-refractivity contribution in [3.63, 3.8) is 0 Å². The van der Waals surface area contributed by atoms with E-state index in [1.54, 1.807) is 24.3 Å². The second kappa shape index (κ2) is 6.38. The van der Waals surface area contributed by atoms with Gasteiger partial charge in [-0.3, -0.25) is 4.79 Å². The van der Waals surface area contributed by atoms with Crippen LogP contribution in [0.15, 0.2) is 24.3 Å². The van der Waals surface area contributed by atoms with E-state index in [9.17, 15) is 9.59 Å². The molecule has 0 saturated carbocycles. The first kappa shape index (κ1) is 14.3. The Morgan fingerprint density at radius 2 is 2.15 bits per heavy atom. The van der Waals surface area contributed by atoms with Crippen molar-refractivity contribution in [1.82, 2.24) is 0 Å². The van der Waals surface area contributed by atoms with E-state index in [-0.39, 0.29) is 12.0 Å². The molecular weight excluding hydrogens is 262 g/mol. The zero-order chi connectivity index (χ0) is 14.5. The molecule has 0 aliphatic carbocycles. The van der Waals surface area contributed by atoms with Crippen LogP contribution in [0.3, 0.4) is 0 Å². The van der Waals surface area contributed by atoms with Crippen LogP contribution in [0.2, 0.25) is 0 Å². The molecule has 6 nitrogen and oxygen atoms in total. The van der Waals surface area contributed by atoms with E-state index in [1.165, 1.54) is 0 Å². The summed E-state index contributed by atoms with van der Waals surface area (Å²) in [6.07, 6.45) is 1.17. The second-order valence-corrected chi connectivity index (χ2v) is 4.68. The van der Waals surface area contributed by atoms with Crippen LogP contribution in [0.25, 0.3) is 0 Å². The number of carboxylic acid groups (broad SMARTS) is 1. The number of amides is 1. The topological polar surface area (TPSA) is 84.9 Å². The lowest BCUT2D eigenvalue weighted by Gasteiger charge is -2.14. The van der Waals surface area contributed by atoms with E-state index in [0.717, 1.165) is 6.42 Å². The van der Waals surface area contributed by atoms with Crippen molar-refractivity contribution in [2.75, 3.05) is 11.9 Å². The summed E-state index contributed by atoms with van der Waals surface area (Å²) in [5.41, 5.74) is 0.446. The van der Waals surface area contributed by atoms with Crippen molar-refractivity contribution < 1.29 is 24.2 Å². The van der Waals surface area contributed by atoms with Gasteiger partial charge < -0.3 is 19.9 Å². The number of carbonyl (C=O) groups excluding carboxylic acids is 1. The SMILES string of the molecule is CC1CCC(C(=O)Nc2ccccc2OCC(=O)O)O1. The van der Waals surface area contributed by atoms with Gasteiger partial charge in [0.05, 0.1) is 11.8 Å². The van der Waals surface area contributed by atoms with Gasteiger partial charge in [-0.05, 0) is 31.9 Å². The summed E-state index contributed by atoms with van der Waals surface area (Å²) in [4.78, 5) is 22.6. The largest absolute Gasteiger partial charge is 0.480 e. The molecular formula is C14H17NO5. The van der Waals surface area contributed by atoms with Crippen LogP contribution in [0.1, 0.15) is 19.8 Å². The highest BCUT2D eigenvalue weighted by molar-refractivity contribution is 5.95. The predicted molar refractivity (Wildman–Crippen MR) is 71.8 cm³/mol. The Morgan fingerprint density at radius 3 is 2.80 bits per heavy atom. The maximum absolute atomic E-state index is 12.0. The Balaban J connectivity index is 2.01. The molecule has 2 atom stereocenters. The molecule has 1 aliphatic rings. The number of nitrogens with one attached hydrogen (secondary N) is 1. The molecule has 0 radical (unpaired) electrons. The molecule has 1 aromatic carbocycles. The second-order valence-electron chi connectivity index (χ2n) is 4.68. The van der Waals surface area contributed by atoms with Crippen LogP contribution in [-0.2, 0) is 14.3 Å².